The van der Waals surface area contributed by atoms with Crippen molar-refractivity contribution in [3.05, 3.63) is 54.1 Å². The van der Waals surface area contributed by atoms with Crippen molar-refractivity contribution in [2.45, 2.75) is 46.4 Å². The summed E-state index contributed by atoms with van der Waals surface area (Å²) in [5, 5.41) is 11.5. The molecule has 1 aliphatic heterocycles. The van der Waals surface area contributed by atoms with E-state index >= 15 is 0 Å². The lowest BCUT2D eigenvalue weighted by Crippen LogP contribution is -2.53. The molecule has 3 rings (SSSR count). The van der Waals surface area contributed by atoms with Crippen LogP contribution in [0.25, 0.3) is 0 Å². The molecule has 0 aromatic heterocycles. The molecule has 1 saturated heterocycles. The molecule has 198 valence electrons. The Morgan fingerprint density at radius 1 is 1.05 bits per heavy atom. The van der Waals surface area contributed by atoms with Gasteiger partial charge in [-0.2, -0.15) is 0 Å². The molecule has 0 aliphatic carbocycles. The van der Waals surface area contributed by atoms with Gasteiger partial charge >= 0.3 is 12.1 Å². The minimum Gasteiger partial charge on any atom is -0.508 e. The summed E-state index contributed by atoms with van der Waals surface area (Å²) in [4.78, 5) is 50.1. The molecule has 2 aromatic rings. The van der Waals surface area contributed by atoms with E-state index in [2.05, 4.69) is 5.32 Å². The molecular weight excluding hydrogens is 825 g/mol. The number of phenols is 1. The van der Waals surface area contributed by atoms with Crippen LogP contribution in [-0.2, 0) is 23.9 Å². The number of halogens is 3. The fraction of sp³-hybridized carbons (Fsp3) is 0.333. The number of alkyl halides is 2. The Hall–Kier alpha value is -1.89. The van der Waals surface area contributed by atoms with Crippen LogP contribution in [-0.4, -0.2) is 47.3 Å². The molecule has 10 nitrogen and oxygen atoms in total. The Morgan fingerprint density at radius 3 is 2.08 bits per heavy atom. The molecule has 1 aliphatic rings. The molecule has 37 heavy (non-hydrogen) atoms. The van der Waals surface area contributed by atoms with Crippen LogP contribution in [0.2, 0.25) is 0 Å². The molecule has 1 heterocycles. The normalized spacial score (nSPS) is 17.8. The van der Waals surface area contributed by atoms with Crippen LogP contribution < -0.4 is 10.1 Å². The number of nitrogens with zero attached hydrogens (tertiary/aromatic N) is 1. The van der Waals surface area contributed by atoms with E-state index in [1.54, 1.807) is 80.0 Å². The molecule has 0 saturated carbocycles. The van der Waals surface area contributed by atoms with E-state index in [4.69, 9.17) is 14.2 Å². The van der Waals surface area contributed by atoms with Crippen LogP contribution in [0.3, 0.4) is 0 Å². The first kappa shape index (κ1) is 29.7. The number of carbonyl (C=O) groups is 4. The van der Waals surface area contributed by atoms with Gasteiger partial charge in [0.15, 0.2) is 6.10 Å². The maximum Gasteiger partial charge on any atom is 0.420 e. The average molecular weight is 848 g/mol. The van der Waals surface area contributed by atoms with Gasteiger partial charge in [-0.25, -0.2) is 12.7 Å². The molecule has 0 bridgehead atoms. The standard InChI is InChI=1S/C24H23I3N2O8/c1-23(2,3)37-22(34)29(27)24(26,21(33)36-17-12-18(31)28-20(17)32)19(25)13-4-8-15(9-5-13)35-16-10-6-14(30)7-11-16/h4-11,17,19,30H,12H2,1-3H3,(H,28,31,32)/t17?,19?,24-/m0/s1. The van der Waals surface area contributed by atoms with Gasteiger partial charge in [0, 0.05) is 0 Å². The number of imide groups is 1. The number of aromatic hydroxyl groups is 1. The highest BCUT2D eigenvalue weighted by atomic mass is 127. The number of carbonyl (C=O) groups excluding carboxylic acids is 4. The lowest BCUT2D eigenvalue weighted by molar-refractivity contribution is -0.158. The third-order valence-corrected chi connectivity index (χ3v) is 11.3. The van der Waals surface area contributed by atoms with Gasteiger partial charge in [0.25, 0.3) is 5.91 Å². The molecule has 13 heteroatoms. The van der Waals surface area contributed by atoms with E-state index in [1.165, 1.54) is 12.1 Å². The Morgan fingerprint density at radius 2 is 1.59 bits per heavy atom. The van der Waals surface area contributed by atoms with Crippen LogP contribution in [0.15, 0.2) is 48.5 Å². The van der Waals surface area contributed by atoms with Gasteiger partial charge in [0.05, 0.1) is 33.2 Å². The minimum atomic E-state index is -1.66. The zero-order valence-electron chi connectivity index (χ0n) is 19.9. The predicted molar refractivity (Wildman–Crippen MR) is 158 cm³/mol. The average Bonchev–Trinajstić information content (AvgIpc) is 3.14. The highest BCUT2D eigenvalue weighted by Gasteiger charge is 2.54. The van der Waals surface area contributed by atoms with E-state index in [1.807, 2.05) is 45.2 Å². The van der Waals surface area contributed by atoms with Crippen LogP contribution in [0.4, 0.5) is 4.79 Å². The number of benzene rings is 2. The quantitative estimate of drug-likeness (QED) is 0.0955. The van der Waals surface area contributed by atoms with Gasteiger partial charge in [-0.1, -0.05) is 34.7 Å². The lowest BCUT2D eigenvalue weighted by atomic mass is 10.1. The Kier molecular flexibility index (Phi) is 9.52. The van der Waals surface area contributed by atoms with Gasteiger partial charge < -0.3 is 19.3 Å². The van der Waals surface area contributed by atoms with E-state index in [9.17, 15) is 24.3 Å². The van der Waals surface area contributed by atoms with Crippen LogP contribution >= 0.6 is 68.0 Å². The number of hydrogen-bond acceptors (Lipinski definition) is 8. The van der Waals surface area contributed by atoms with Crippen molar-refractivity contribution in [1.29, 1.82) is 0 Å². The van der Waals surface area contributed by atoms with Crippen molar-refractivity contribution >= 4 is 91.9 Å². The fourth-order valence-electron chi connectivity index (χ4n) is 3.13. The number of nitrogens with one attached hydrogen (secondary N) is 1. The second kappa shape index (κ2) is 11.9. The Bertz CT molecular complexity index is 1180. The molecule has 2 aromatic carbocycles. The summed E-state index contributed by atoms with van der Waals surface area (Å²) >= 11 is 5.54. The molecule has 2 N–H and O–H groups in total. The van der Waals surface area contributed by atoms with Crippen molar-refractivity contribution in [3.63, 3.8) is 0 Å². The maximum atomic E-state index is 13.5. The third-order valence-electron chi connectivity index (χ3n) is 4.88. The zero-order chi connectivity index (χ0) is 27.5. The summed E-state index contributed by atoms with van der Waals surface area (Å²) in [6, 6.07) is 13.1. The summed E-state index contributed by atoms with van der Waals surface area (Å²) in [5.74, 6) is -0.985. The topological polar surface area (TPSA) is 131 Å². The molecule has 1 fully saturated rings. The van der Waals surface area contributed by atoms with E-state index in [0.717, 1.165) is 3.11 Å². The van der Waals surface area contributed by atoms with Crippen molar-refractivity contribution in [3.8, 4) is 17.2 Å². The molecular formula is C24H23I3N2O8. The summed E-state index contributed by atoms with van der Waals surface area (Å²) in [6.07, 6.45) is -2.36. The Balaban J connectivity index is 1.89. The highest BCUT2D eigenvalue weighted by molar-refractivity contribution is 14.1. The van der Waals surface area contributed by atoms with Gasteiger partial charge in [0.1, 0.15) is 22.8 Å². The van der Waals surface area contributed by atoms with Crippen LogP contribution in [0, 0.1) is 0 Å². The molecule has 2 unspecified atom stereocenters. The number of ether oxygens (including phenoxy) is 3. The molecule has 0 spiro atoms. The second-order valence-corrected chi connectivity index (χ2v) is 12.8. The van der Waals surface area contributed by atoms with Crippen LogP contribution in [0.5, 0.6) is 17.2 Å². The molecule has 0 radical (unpaired) electrons. The monoisotopic (exact) mass is 848 g/mol. The highest BCUT2D eigenvalue weighted by Crippen LogP contribution is 2.48. The number of phenolic OH excluding ortho intramolecular Hbond substituents is 1. The number of amides is 3. The lowest BCUT2D eigenvalue weighted by Gasteiger charge is -2.37. The zero-order valence-corrected chi connectivity index (χ0v) is 26.3. The second-order valence-electron chi connectivity index (χ2n) is 8.97. The van der Waals surface area contributed by atoms with Crippen molar-refractivity contribution in [2.24, 2.45) is 0 Å². The number of rotatable bonds is 7. The van der Waals surface area contributed by atoms with Gasteiger partial charge in [-0.15, -0.1) is 0 Å². The first-order valence-corrected chi connectivity index (χ1v) is 14.1. The van der Waals surface area contributed by atoms with Gasteiger partial charge in [0.2, 0.25) is 9.45 Å². The van der Waals surface area contributed by atoms with Crippen molar-refractivity contribution in [1.82, 2.24) is 8.43 Å². The van der Waals surface area contributed by atoms with Gasteiger partial charge in [-0.3, -0.25) is 14.9 Å². The summed E-state index contributed by atoms with van der Waals surface area (Å²) in [5.41, 5.74) is -0.171. The van der Waals surface area contributed by atoms with E-state index in [-0.39, 0.29) is 12.2 Å². The maximum absolute atomic E-state index is 13.5. The Labute approximate surface area is 254 Å². The number of esters is 1. The van der Waals surface area contributed by atoms with Gasteiger partial charge in [-0.05, 0) is 85.3 Å². The van der Waals surface area contributed by atoms with Crippen LogP contribution in [0.1, 0.15) is 36.7 Å². The number of hydrogen-bond donors (Lipinski definition) is 2. The van der Waals surface area contributed by atoms with Crippen molar-refractivity contribution < 1.29 is 38.5 Å². The molecule has 3 atom stereocenters. The summed E-state index contributed by atoms with van der Waals surface area (Å²) in [6.45, 7) is 5.10. The smallest absolute Gasteiger partial charge is 0.420 e. The van der Waals surface area contributed by atoms with Crippen molar-refractivity contribution in [2.75, 3.05) is 0 Å². The molecule has 3 amide bonds. The SMILES string of the molecule is CC(C)(C)OC(=O)N(I)[C@](I)(C(=O)OC1CC(=O)NC1=O)C(I)c1ccc(Oc2ccc(O)cc2)cc1. The predicted octanol–water partition coefficient (Wildman–Crippen LogP) is 5.34. The van der Waals surface area contributed by atoms with E-state index < -0.39 is 43.1 Å². The summed E-state index contributed by atoms with van der Waals surface area (Å²) in [7, 11) is 0. The van der Waals surface area contributed by atoms with E-state index in [0.29, 0.717) is 17.1 Å². The first-order valence-electron chi connectivity index (χ1n) is 10.8. The fourth-order valence-corrected chi connectivity index (χ4v) is 5.87. The third kappa shape index (κ3) is 7.36. The minimum absolute atomic E-state index is 0.119. The first-order chi connectivity index (χ1) is 17.2. The summed E-state index contributed by atoms with van der Waals surface area (Å²) < 4.78 is 15.5. The largest absolute Gasteiger partial charge is 0.508 e.